The second kappa shape index (κ2) is 7.65. The minimum absolute atomic E-state index is 0.328. The molecule has 8 nitrogen and oxygen atoms in total. The topological polar surface area (TPSA) is 74.4 Å². The molecule has 0 saturated carbocycles. The average Bonchev–Trinajstić information content (AvgIpc) is 3.07. The zero-order chi connectivity index (χ0) is 19.7. The van der Waals surface area contributed by atoms with Crippen LogP contribution in [0, 0.1) is 0 Å². The van der Waals surface area contributed by atoms with Crippen LogP contribution in [-0.2, 0) is 19.6 Å². The third-order valence-electron chi connectivity index (χ3n) is 4.85. The van der Waals surface area contributed by atoms with E-state index in [0.717, 1.165) is 24.3 Å². The van der Waals surface area contributed by atoms with Crippen molar-refractivity contribution in [2.24, 2.45) is 0 Å². The lowest BCUT2D eigenvalue weighted by molar-refractivity contribution is 0.184. The molecule has 28 heavy (non-hydrogen) atoms. The molecule has 146 valence electrons. The third kappa shape index (κ3) is 3.36. The second-order valence-corrected chi connectivity index (χ2v) is 6.95. The fraction of sp³-hybridized carbons (Fsp3) is 0.316. The van der Waals surface area contributed by atoms with E-state index in [4.69, 9.17) is 21.1 Å². The summed E-state index contributed by atoms with van der Waals surface area (Å²) in [6.07, 6.45) is 0.850. The Morgan fingerprint density at radius 1 is 1.07 bits per heavy atom. The summed E-state index contributed by atoms with van der Waals surface area (Å²) < 4.78 is 13.3. The second-order valence-electron chi connectivity index (χ2n) is 6.54. The Labute approximate surface area is 166 Å². The van der Waals surface area contributed by atoms with E-state index in [-0.39, 0.29) is 5.69 Å². The smallest absolute Gasteiger partial charge is 0.369 e. The number of hydrogen-bond acceptors (Lipinski definition) is 6. The highest BCUT2D eigenvalue weighted by atomic mass is 35.5. The summed E-state index contributed by atoms with van der Waals surface area (Å²) in [5, 5.41) is 8.44. The SMILES string of the molecule is COc1cc2c(cc1OC)CN(Cn1nnn(-c3ccccc3Cl)c1=O)CC2. The van der Waals surface area contributed by atoms with Crippen molar-refractivity contribution in [2.45, 2.75) is 19.6 Å². The number of fused-ring (bicyclic) bond motifs is 1. The highest BCUT2D eigenvalue weighted by Gasteiger charge is 2.21. The van der Waals surface area contributed by atoms with Gasteiger partial charge >= 0.3 is 5.69 Å². The third-order valence-corrected chi connectivity index (χ3v) is 5.17. The molecule has 0 fully saturated rings. The van der Waals surface area contributed by atoms with Crippen LogP contribution < -0.4 is 15.2 Å². The molecule has 0 atom stereocenters. The van der Waals surface area contributed by atoms with Gasteiger partial charge in [-0.15, -0.1) is 0 Å². The summed E-state index contributed by atoms with van der Waals surface area (Å²) in [7, 11) is 3.26. The Hall–Kier alpha value is -2.84. The molecule has 0 unspecified atom stereocenters. The summed E-state index contributed by atoms with van der Waals surface area (Å²) in [5.74, 6) is 1.43. The molecule has 3 aromatic rings. The van der Waals surface area contributed by atoms with Gasteiger partial charge in [-0.2, -0.15) is 9.36 Å². The fourth-order valence-corrected chi connectivity index (χ4v) is 3.61. The number of benzene rings is 2. The van der Waals surface area contributed by atoms with Gasteiger partial charge in [0, 0.05) is 13.1 Å². The molecule has 0 aliphatic carbocycles. The van der Waals surface area contributed by atoms with Crippen LogP contribution in [0.1, 0.15) is 11.1 Å². The lowest BCUT2D eigenvalue weighted by atomic mass is 9.99. The number of ether oxygens (including phenoxy) is 2. The molecule has 2 aromatic carbocycles. The minimum atomic E-state index is -0.328. The van der Waals surface area contributed by atoms with Crippen molar-refractivity contribution in [1.82, 2.24) is 24.7 Å². The Morgan fingerprint density at radius 3 is 2.50 bits per heavy atom. The highest BCUT2D eigenvalue weighted by molar-refractivity contribution is 6.32. The molecule has 1 aromatic heterocycles. The number of hydrogen-bond donors (Lipinski definition) is 0. The first-order valence-electron chi connectivity index (χ1n) is 8.84. The van der Waals surface area contributed by atoms with E-state index < -0.39 is 0 Å². The molecular weight excluding hydrogens is 382 g/mol. The molecule has 2 heterocycles. The average molecular weight is 402 g/mol. The normalized spacial score (nSPS) is 14.0. The van der Waals surface area contributed by atoms with Gasteiger partial charge in [0.05, 0.1) is 24.9 Å². The van der Waals surface area contributed by atoms with E-state index in [2.05, 4.69) is 15.3 Å². The van der Waals surface area contributed by atoms with E-state index in [1.54, 1.807) is 38.5 Å². The molecule has 9 heteroatoms. The number of nitrogens with zero attached hydrogens (tertiary/aromatic N) is 5. The maximum Gasteiger partial charge on any atom is 0.369 e. The number of para-hydroxylation sites is 1. The summed E-state index contributed by atoms with van der Waals surface area (Å²) in [6, 6.07) is 11.1. The summed E-state index contributed by atoms with van der Waals surface area (Å²) in [5.41, 5.74) is 2.56. The van der Waals surface area contributed by atoms with Crippen LogP contribution in [0.3, 0.4) is 0 Å². The summed E-state index contributed by atoms with van der Waals surface area (Å²) in [4.78, 5) is 14.8. The lowest BCUT2D eigenvalue weighted by Gasteiger charge is -2.28. The first-order chi connectivity index (χ1) is 13.6. The molecule has 4 rings (SSSR count). The van der Waals surface area contributed by atoms with Crippen molar-refractivity contribution >= 4 is 11.6 Å². The van der Waals surface area contributed by atoms with Gasteiger partial charge in [-0.05, 0) is 52.2 Å². The zero-order valence-electron chi connectivity index (χ0n) is 15.6. The first kappa shape index (κ1) is 18.5. The van der Waals surface area contributed by atoms with Gasteiger partial charge in [0.1, 0.15) is 6.67 Å². The van der Waals surface area contributed by atoms with Crippen LogP contribution in [0.4, 0.5) is 0 Å². The molecule has 0 amide bonds. The molecule has 0 spiro atoms. The van der Waals surface area contributed by atoms with Gasteiger partial charge < -0.3 is 9.47 Å². The Kier molecular flexibility index (Phi) is 5.06. The van der Waals surface area contributed by atoms with E-state index in [9.17, 15) is 4.79 Å². The standard InChI is InChI=1S/C19H20ClN5O3/c1-27-17-9-13-7-8-23(11-14(13)10-18(17)28-2)12-24-19(26)25(22-21-24)16-6-4-3-5-15(16)20/h3-6,9-10H,7-8,11-12H2,1-2H3. The van der Waals surface area contributed by atoms with Crippen LogP contribution in [0.2, 0.25) is 5.02 Å². The quantitative estimate of drug-likeness (QED) is 0.652. The van der Waals surface area contributed by atoms with Gasteiger partial charge in [-0.3, -0.25) is 4.90 Å². The van der Waals surface area contributed by atoms with Crippen LogP contribution in [0.5, 0.6) is 11.5 Å². The fourth-order valence-electron chi connectivity index (χ4n) is 3.39. The summed E-state index contributed by atoms with van der Waals surface area (Å²) >= 11 is 6.17. The van der Waals surface area contributed by atoms with Crippen molar-refractivity contribution in [2.75, 3.05) is 20.8 Å². The van der Waals surface area contributed by atoms with Gasteiger partial charge in [0.15, 0.2) is 11.5 Å². The lowest BCUT2D eigenvalue weighted by Crippen LogP contribution is -2.36. The minimum Gasteiger partial charge on any atom is -0.493 e. The Morgan fingerprint density at radius 2 is 1.79 bits per heavy atom. The number of tetrazole rings is 1. The number of methoxy groups -OCH3 is 2. The van der Waals surface area contributed by atoms with Crippen LogP contribution in [0.25, 0.3) is 5.69 Å². The molecule has 0 saturated heterocycles. The highest BCUT2D eigenvalue weighted by Crippen LogP contribution is 2.33. The Balaban J connectivity index is 1.56. The van der Waals surface area contributed by atoms with Crippen molar-refractivity contribution < 1.29 is 9.47 Å². The van der Waals surface area contributed by atoms with E-state index in [0.29, 0.717) is 29.7 Å². The monoisotopic (exact) mass is 401 g/mol. The van der Waals surface area contributed by atoms with Crippen molar-refractivity contribution in [3.8, 4) is 17.2 Å². The molecule has 1 aliphatic rings. The molecular formula is C19H20ClN5O3. The van der Waals surface area contributed by atoms with Crippen LogP contribution >= 0.6 is 11.6 Å². The number of aromatic nitrogens is 4. The molecule has 0 N–H and O–H groups in total. The van der Waals surface area contributed by atoms with Gasteiger partial charge in [0.25, 0.3) is 0 Å². The largest absolute Gasteiger partial charge is 0.493 e. The number of halogens is 1. The Bertz CT molecular complexity index is 1060. The van der Waals surface area contributed by atoms with Crippen molar-refractivity contribution in [3.63, 3.8) is 0 Å². The van der Waals surface area contributed by atoms with Gasteiger partial charge in [0.2, 0.25) is 0 Å². The molecule has 1 aliphatic heterocycles. The first-order valence-corrected chi connectivity index (χ1v) is 9.22. The predicted octanol–water partition coefficient (Wildman–Crippen LogP) is 2.12. The van der Waals surface area contributed by atoms with E-state index in [1.165, 1.54) is 14.9 Å². The van der Waals surface area contributed by atoms with Gasteiger partial charge in [-0.1, -0.05) is 23.7 Å². The number of rotatable bonds is 5. The maximum absolute atomic E-state index is 12.7. The van der Waals surface area contributed by atoms with Crippen LogP contribution in [-0.4, -0.2) is 45.5 Å². The van der Waals surface area contributed by atoms with Gasteiger partial charge in [-0.25, -0.2) is 4.79 Å². The van der Waals surface area contributed by atoms with E-state index in [1.807, 2.05) is 12.1 Å². The van der Waals surface area contributed by atoms with Crippen LogP contribution in [0.15, 0.2) is 41.2 Å². The van der Waals surface area contributed by atoms with E-state index >= 15 is 0 Å². The summed E-state index contributed by atoms with van der Waals surface area (Å²) in [6.45, 7) is 1.83. The molecule has 0 radical (unpaired) electrons. The van der Waals surface area contributed by atoms with Crippen molar-refractivity contribution in [3.05, 3.63) is 63.0 Å². The molecule has 0 bridgehead atoms. The zero-order valence-corrected chi connectivity index (χ0v) is 16.4. The maximum atomic E-state index is 12.7. The predicted molar refractivity (Wildman–Crippen MR) is 104 cm³/mol. The van der Waals surface area contributed by atoms with Crippen molar-refractivity contribution in [1.29, 1.82) is 0 Å².